The van der Waals surface area contributed by atoms with Gasteiger partial charge in [-0.1, -0.05) is 12.1 Å². The number of carbonyl (C=O) groups is 1. The Morgan fingerprint density at radius 1 is 1.19 bits per heavy atom. The SMILES string of the molecule is CC(C)NC(=O)CCOc1ccc(CNC(C)(C)C)cc1. The molecule has 0 atom stereocenters. The Bertz CT molecular complexity index is 433. The summed E-state index contributed by atoms with van der Waals surface area (Å²) in [5, 5.41) is 6.28. The van der Waals surface area contributed by atoms with Crippen LogP contribution in [0, 0.1) is 0 Å². The van der Waals surface area contributed by atoms with Crippen molar-refractivity contribution in [3.8, 4) is 5.75 Å². The number of ether oxygens (including phenoxy) is 1. The zero-order valence-corrected chi connectivity index (χ0v) is 13.8. The van der Waals surface area contributed by atoms with Gasteiger partial charge in [0.1, 0.15) is 5.75 Å². The third-order valence-electron chi connectivity index (χ3n) is 2.79. The molecule has 0 saturated heterocycles. The minimum absolute atomic E-state index is 0.0241. The van der Waals surface area contributed by atoms with Crippen molar-refractivity contribution in [2.75, 3.05) is 6.61 Å². The Labute approximate surface area is 128 Å². The van der Waals surface area contributed by atoms with Crippen LogP contribution in [-0.4, -0.2) is 24.1 Å². The molecule has 0 bridgehead atoms. The number of nitrogens with one attached hydrogen (secondary N) is 2. The second-order valence-corrected chi connectivity index (χ2v) is 6.57. The Balaban J connectivity index is 2.33. The minimum atomic E-state index is 0.0241. The summed E-state index contributed by atoms with van der Waals surface area (Å²) in [6, 6.07) is 8.15. The molecule has 118 valence electrons. The van der Waals surface area contributed by atoms with E-state index in [2.05, 4.69) is 31.4 Å². The molecule has 0 fully saturated rings. The van der Waals surface area contributed by atoms with Gasteiger partial charge in [-0.15, -0.1) is 0 Å². The van der Waals surface area contributed by atoms with E-state index in [-0.39, 0.29) is 17.5 Å². The van der Waals surface area contributed by atoms with Crippen LogP contribution in [0.4, 0.5) is 0 Å². The first kappa shape index (κ1) is 17.5. The molecule has 4 heteroatoms. The van der Waals surface area contributed by atoms with Crippen molar-refractivity contribution in [2.45, 2.75) is 59.2 Å². The molecule has 0 aliphatic carbocycles. The largest absolute Gasteiger partial charge is 0.493 e. The summed E-state index contributed by atoms with van der Waals surface area (Å²) in [5.74, 6) is 0.822. The third kappa shape index (κ3) is 8.35. The van der Waals surface area contributed by atoms with Crippen molar-refractivity contribution >= 4 is 5.91 Å². The van der Waals surface area contributed by atoms with Crippen LogP contribution >= 0.6 is 0 Å². The number of hydrogen-bond acceptors (Lipinski definition) is 3. The van der Waals surface area contributed by atoms with Gasteiger partial charge in [-0.2, -0.15) is 0 Å². The highest BCUT2D eigenvalue weighted by atomic mass is 16.5. The minimum Gasteiger partial charge on any atom is -0.493 e. The standard InChI is InChI=1S/C17H28N2O2/c1-13(2)19-16(20)10-11-21-15-8-6-14(7-9-15)12-18-17(3,4)5/h6-9,13,18H,10-12H2,1-5H3,(H,19,20). The third-order valence-corrected chi connectivity index (χ3v) is 2.79. The Morgan fingerprint density at radius 3 is 2.33 bits per heavy atom. The first-order chi connectivity index (χ1) is 9.76. The van der Waals surface area contributed by atoms with E-state index in [0.29, 0.717) is 13.0 Å². The van der Waals surface area contributed by atoms with Crippen molar-refractivity contribution in [3.63, 3.8) is 0 Å². The van der Waals surface area contributed by atoms with Gasteiger partial charge in [-0.25, -0.2) is 0 Å². The van der Waals surface area contributed by atoms with Crippen molar-refractivity contribution in [3.05, 3.63) is 29.8 Å². The van der Waals surface area contributed by atoms with E-state index in [1.165, 1.54) is 5.56 Å². The van der Waals surface area contributed by atoms with Gasteiger partial charge in [0.05, 0.1) is 13.0 Å². The van der Waals surface area contributed by atoms with Crippen LogP contribution in [0.3, 0.4) is 0 Å². The summed E-state index contributed by atoms with van der Waals surface area (Å²) in [7, 11) is 0. The molecule has 0 unspecified atom stereocenters. The summed E-state index contributed by atoms with van der Waals surface area (Å²) >= 11 is 0. The van der Waals surface area contributed by atoms with E-state index >= 15 is 0 Å². The molecule has 0 spiro atoms. The fraction of sp³-hybridized carbons (Fsp3) is 0.588. The lowest BCUT2D eigenvalue weighted by Gasteiger charge is -2.20. The summed E-state index contributed by atoms with van der Waals surface area (Å²) in [5.41, 5.74) is 1.33. The normalized spacial score (nSPS) is 11.5. The van der Waals surface area contributed by atoms with Crippen LogP contribution in [0.5, 0.6) is 5.75 Å². The molecule has 2 N–H and O–H groups in total. The number of carbonyl (C=O) groups excluding carboxylic acids is 1. The van der Waals surface area contributed by atoms with Crippen molar-refractivity contribution in [2.24, 2.45) is 0 Å². The highest BCUT2D eigenvalue weighted by Crippen LogP contribution is 2.13. The zero-order valence-electron chi connectivity index (χ0n) is 13.8. The lowest BCUT2D eigenvalue weighted by molar-refractivity contribution is -0.122. The first-order valence-electron chi connectivity index (χ1n) is 7.52. The predicted octanol–water partition coefficient (Wildman–Crippen LogP) is 2.87. The number of amides is 1. The fourth-order valence-electron chi connectivity index (χ4n) is 1.73. The topological polar surface area (TPSA) is 50.4 Å². The maximum atomic E-state index is 11.5. The van der Waals surface area contributed by atoms with Crippen LogP contribution in [0.2, 0.25) is 0 Å². The van der Waals surface area contributed by atoms with Gasteiger partial charge in [0.25, 0.3) is 0 Å². The Morgan fingerprint density at radius 2 is 1.81 bits per heavy atom. The highest BCUT2D eigenvalue weighted by molar-refractivity contribution is 5.76. The Hall–Kier alpha value is -1.55. The molecule has 21 heavy (non-hydrogen) atoms. The van der Waals surface area contributed by atoms with Crippen LogP contribution in [0.25, 0.3) is 0 Å². The lowest BCUT2D eigenvalue weighted by atomic mass is 10.1. The number of rotatable bonds is 7. The van der Waals surface area contributed by atoms with Gasteiger partial charge >= 0.3 is 0 Å². The van der Waals surface area contributed by atoms with Gasteiger partial charge in [0, 0.05) is 18.1 Å². The van der Waals surface area contributed by atoms with Gasteiger partial charge < -0.3 is 15.4 Å². The monoisotopic (exact) mass is 292 g/mol. The Kier molecular flexibility index (Phi) is 6.69. The van der Waals surface area contributed by atoms with E-state index in [1.807, 2.05) is 38.1 Å². The number of benzene rings is 1. The molecule has 1 amide bonds. The van der Waals surface area contributed by atoms with E-state index in [9.17, 15) is 4.79 Å². The first-order valence-corrected chi connectivity index (χ1v) is 7.52. The fourth-order valence-corrected chi connectivity index (χ4v) is 1.73. The van der Waals surface area contributed by atoms with E-state index in [1.54, 1.807) is 0 Å². The van der Waals surface area contributed by atoms with Crippen LogP contribution < -0.4 is 15.4 Å². The second kappa shape index (κ2) is 8.03. The summed E-state index contributed by atoms with van der Waals surface area (Å²) in [6.45, 7) is 11.6. The molecule has 0 saturated carbocycles. The lowest BCUT2D eigenvalue weighted by Crippen LogP contribution is -2.35. The molecule has 0 aliphatic heterocycles. The predicted molar refractivity (Wildman–Crippen MR) is 86.4 cm³/mol. The molecule has 0 aromatic heterocycles. The molecule has 0 heterocycles. The zero-order chi connectivity index (χ0) is 15.9. The van der Waals surface area contributed by atoms with Gasteiger partial charge in [0.15, 0.2) is 0 Å². The maximum Gasteiger partial charge on any atom is 0.223 e. The summed E-state index contributed by atoms with van der Waals surface area (Å²) in [4.78, 5) is 11.5. The molecule has 0 aliphatic rings. The smallest absolute Gasteiger partial charge is 0.223 e. The molecule has 4 nitrogen and oxygen atoms in total. The van der Waals surface area contributed by atoms with Crippen molar-refractivity contribution < 1.29 is 9.53 Å². The quantitative estimate of drug-likeness (QED) is 0.812. The van der Waals surface area contributed by atoms with E-state index in [0.717, 1.165) is 12.3 Å². The maximum absolute atomic E-state index is 11.5. The molecule has 1 aromatic rings. The molecular formula is C17H28N2O2. The highest BCUT2D eigenvalue weighted by Gasteiger charge is 2.08. The van der Waals surface area contributed by atoms with Crippen LogP contribution in [0.15, 0.2) is 24.3 Å². The van der Waals surface area contributed by atoms with Crippen LogP contribution in [-0.2, 0) is 11.3 Å². The molecule has 1 rings (SSSR count). The van der Waals surface area contributed by atoms with Gasteiger partial charge in [0.2, 0.25) is 5.91 Å². The van der Waals surface area contributed by atoms with Crippen LogP contribution in [0.1, 0.15) is 46.6 Å². The molecule has 1 aromatic carbocycles. The number of hydrogen-bond donors (Lipinski definition) is 2. The summed E-state index contributed by atoms with van der Waals surface area (Å²) in [6.07, 6.45) is 0.380. The van der Waals surface area contributed by atoms with Crippen molar-refractivity contribution in [1.29, 1.82) is 0 Å². The van der Waals surface area contributed by atoms with Crippen molar-refractivity contribution in [1.82, 2.24) is 10.6 Å². The van der Waals surface area contributed by atoms with E-state index < -0.39 is 0 Å². The average Bonchev–Trinajstić information content (AvgIpc) is 2.36. The van der Waals surface area contributed by atoms with Gasteiger partial charge in [-0.3, -0.25) is 4.79 Å². The van der Waals surface area contributed by atoms with Gasteiger partial charge in [-0.05, 0) is 52.3 Å². The average molecular weight is 292 g/mol. The van der Waals surface area contributed by atoms with E-state index in [4.69, 9.17) is 4.74 Å². The summed E-state index contributed by atoms with van der Waals surface area (Å²) < 4.78 is 5.58. The molecular weight excluding hydrogens is 264 g/mol. The second-order valence-electron chi connectivity index (χ2n) is 6.57. The molecule has 0 radical (unpaired) electrons.